The highest BCUT2D eigenvalue weighted by Gasteiger charge is 2.17. The maximum absolute atomic E-state index is 3.61. The number of hydrogen-bond acceptors (Lipinski definition) is 2. The highest BCUT2D eigenvalue weighted by molar-refractivity contribution is 9.10. The first-order valence-corrected chi connectivity index (χ1v) is 6.91. The molecule has 0 unspecified atom stereocenters. The van der Waals surface area contributed by atoms with Gasteiger partial charge in [-0.05, 0) is 36.8 Å². The molecule has 2 aromatic rings. The Kier molecular flexibility index (Phi) is 3.00. The van der Waals surface area contributed by atoms with E-state index >= 15 is 0 Å². The normalized spacial score (nSPS) is 14.0. The standard InChI is InChI=1S/C15H15BrN2/c1-11-6-7-12(10-13(11)16)18-9-8-17-14-4-2-3-5-15(14)18/h2-7,10,17H,8-9H2,1H3. The van der Waals surface area contributed by atoms with Gasteiger partial charge >= 0.3 is 0 Å². The molecule has 1 heterocycles. The molecule has 18 heavy (non-hydrogen) atoms. The highest BCUT2D eigenvalue weighted by atomic mass is 79.9. The van der Waals surface area contributed by atoms with E-state index in [-0.39, 0.29) is 0 Å². The predicted octanol–water partition coefficient (Wildman–Crippen LogP) is 4.32. The number of nitrogens with zero attached hydrogens (tertiary/aromatic N) is 1. The fraction of sp³-hybridized carbons (Fsp3) is 0.200. The number of anilines is 3. The van der Waals surface area contributed by atoms with Crippen LogP contribution in [0.15, 0.2) is 46.9 Å². The molecule has 3 heteroatoms. The number of aryl methyl sites for hydroxylation is 1. The lowest BCUT2D eigenvalue weighted by molar-refractivity contribution is 0.926. The van der Waals surface area contributed by atoms with Crippen LogP contribution in [0.5, 0.6) is 0 Å². The Morgan fingerprint density at radius 2 is 2.00 bits per heavy atom. The van der Waals surface area contributed by atoms with Gasteiger partial charge in [-0.25, -0.2) is 0 Å². The third kappa shape index (κ3) is 1.99. The van der Waals surface area contributed by atoms with E-state index in [2.05, 4.69) is 75.5 Å². The van der Waals surface area contributed by atoms with Crippen LogP contribution in [-0.2, 0) is 0 Å². The minimum absolute atomic E-state index is 0.975. The van der Waals surface area contributed by atoms with Crippen LogP contribution in [0.3, 0.4) is 0 Å². The molecule has 0 aliphatic carbocycles. The topological polar surface area (TPSA) is 15.3 Å². The minimum Gasteiger partial charge on any atom is -0.382 e. The zero-order valence-electron chi connectivity index (χ0n) is 10.3. The van der Waals surface area contributed by atoms with Gasteiger partial charge in [0, 0.05) is 23.2 Å². The Bertz CT molecular complexity index is 580. The van der Waals surface area contributed by atoms with Crippen LogP contribution in [-0.4, -0.2) is 13.1 Å². The van der Waals surface area contributed by atoms with Crippen molar-refractivity contribution in [2.24, 2.45) is 0 Å². The molecule has 92 valence electrons. The summed E-state index contributed by atoms with van der Waals surface area (Å²) >= 11 is 3.61. The molecule has 0 amide bonds. The van der Waals surface area contributed by atoms with Crippen molar-refractivity contribution in [3.63, 3.8) is 0 Å². The fourth-order valence-corrected chi connectivity index (χ4v) is 2.67. The van der Waals surface area contributed by atoms with E-state index in [0.717, 1.165) is 17.6 Å². The largest absolute Gasteiger partial charge is 0.382 e. The van der Waals surface area contributed by atoms with E-state index in [9.17, 15) is 0 Å². The Morgan fingerprint density at radius 3 is 2.83 bits per heavy atom. The number of halogens is 1. The second-order valence-corrected chi connectivity index (χ2v) is 5.38. The molecule has 0 bridgehead atoms. The van der Waals surface area contributed by atoms with Crippen LogP contribution in [0.2, 0.25) is 0 Å². The van der Waals surface area contributed by atoms with E-state index in [4.69, 9.17) is 0 Å². The quantitative estimate of drug-likeness (QED) is 0.844. The van der Waals surface area contributed by atoms with Gasteiger partial charge in [-0.1, -0.05) is 34.1 Å². The van der Waals surface area contributed by atoms with Gasteiger partial charge in [0.1, 0.15) is 0 Å². The summed E-state index contributed by atoms with van der Waals surface area (Å²) in [6.45, 7) is 4.08. The van der Waals surface area contributed by atoms with E-state index in [0.29, 0.717) is 0 Å². The van der Waals surface area contributed by atoms with Gasteiger partial charge in [-0.3, -0.25) is 0 Å². The zero-order valence-corrected chi connectivity index (χ0v) is 11.9. The van der Waals surface area contributed by atoms with Crippen molar-refractivity contribution in [1.82, 2.24) is 0 Å². The molecule has 1 aliphatic heterocycles. The summed E-state index contributed by atoms with van der Waals surface area (Å²) in [4.78, 5) is 2.36. The lowest BCUT2D eigenvalue weighted by Gasteiger charge is -2.32. The Balaban J connectivity index is 2.05. The predicted molar refractivity (Wildman–Crippen MR) is 80.8 cm³/mol. The maximum atomic E-state index is 3.61. The van der Waals surface area contributed by atoms with E-state index in [1.807, 2.05) is 0 Å². The number of rotatable bonds is 1. The number of benzene rings is 2. The summed E-state index contributed by atoms with van der Waals surface area (Å²) in [6.07, 6.45) is 0. The monoisotopic (exact) mass is 302 g/mol. The average molecular weight is 303 g/mol. The third-order valence-electron chi connectivity index (χ3n) is 3.31. The molecule has 0 radical (unpaired) electrons. The number of para-hydroxylation sites is 2. The highest BCUT2D eigenvalue weighted by Crippen LogP contribution is 2.35. The first-order chi connectivity index (χ1) is 8.75. The van der Waals surface area contributed by atoms with Crippen molar-refractivity contribution in [3.8, 4) is 0 Å². The molecule has 1 aliphatic rings. The average Bonchev–Trinajstić information content (AvgIpc) is 2.41. The van der Waals surface area contributed by atoms with Crippen LogP contribution in [0.25, 0.3) is 0 Å². The summed E-state index contributed by atoms with van der Waals surface area (Å²) in [5, 5.41) is 3.43. The lowest BCUT2D eigenvalue weighted by atomic mass is 10.1. The number of nitrogens with one attached hydrogen (secondary N) is 1. The van der Waals surface area contributed by atoms with Crippen molar-refractivity contribution in [2.45, 2.75) is 6.92 Å². The minimum atomic E-state index is 0.975. The van der Waals surface area contributed by atoms with E-state index < -0.39 is 0 Å². The second kappa shape index (κ2) is 4.65. The molecule has 0 atom stereocenters. The van der Waals surface area contributed by atoms with Crippen LogP contribution in [0.1, 0.15) is 5.56 Å². The second-order valence-electron chi connectivity index (χ2n) is 4.53. The Labute approximate surface area is 116 Å². The summed E-state index contributed by atoms with van der Waals surface area (Å²) < 4.78 is 1.16. The fourth-order valence-electron chi connectivity index (χ4n) is 2.30. The van der Waals surface area contributed by atoms with Crippen LogP contribution < -0.4 is 10.2 Å². The summed E-state index contributed by atoms with van der Waals surface area (Å²) in [7, 11) is 0. The molecule has 2 nitrogen and oxygen atoms in total. The molecule has 0 saturated heterocycles. The zero-order chi connectivity index (χ0) is 12.5. The van der Waals surface area contributed by atoms with Gasteiger partial charge in [-0.15, -0.1) is 0 Å². The summed E-state index contributed by atoms with van der Waals surface area (Å²) in [5.74, 6) is 0. The van der Waals surface area contributed by atoms with Crippen molar-refractivity contribution in [3.05, 3.63) is 52.5 Å². The number of hydrogen-bond donors (Lipinski definition) is 1. The van der Waals surface area contributed by atoms with Crippen molar-refractivity contribution >= 4 is 33.0 Å². The maximum Gasteiger partial charge on any atom is 0.0647 e. The lowest BCUT2D eigenvalue weighted by Crippen LogP contribution is -2.29. The smallest absolute Gasteiger partial charge is 0.0647 e. The number of fused-ring (bicyclic) bond motifs is 1. The molecular formula is C15H15BrN2. The first-order valence-electron chi connectivity index (χ1n) is 6.12. The molecule has 0 aromatic heterocycles. The van der Waals surface area contributed by atoms with Crippen molar-refractivity contribution in [2.75, 3.05) is 23.3 Å². The van der Waals surface area contributed by atoms with E-state index in [1.54, 1.807) is 0 Å². The molecule has 2 aromatic carbocycles. The van der Waals surface area contributed by atoms with Gasteiger partial charge in [0.2, 0.25) is 0 Å². The first kappa shape index (κ1) is 11.6. The van der Waals surface area contributed by atoms with Crippen molar-refractivity contribution in [1.29, 1.82) is 0 Å². The van der Waals surface area contributed by atoms with Gasteiger partial charge in [0.25, 0.3) is 0 Å². The molecule has 3 rings (SSSR count). The molecule has 1 N–H and O–H groups in total. The van der Waals surface area contributed by atoms with Crippen LogP contribution in [0, 0.1) is 6.92 Å². The van der Waals surface area contributed by atoms with Crippen LogP contribution in [0.4, 0.5) is 17.1 Å². The molecule has 0 spiro atoms. The summed E-state index contributed by atoms with van der Waals surface area (Å²) in [6, 6.07) is 15.0. The van der Waals surface area contributed by atoms with Gasteiger partial charge in [-0.2, -0.15) is 0 Å². The van der Waals surface area contributed by atoms with Gasteiger partial charge in [0.15, 0.2) is 0 Å². The van der Waals surface area contributed by atoms with E-state index in [1.165, 1.54) is 22.6 Å². The van der Waals surface area contributed by atoms with Crippen LogP contribution >= 0.6 is 15.9 Å². The molecular weight excluding hydrogens is 288 g/mol. The Hall–Kier alpha value is -1.48. The molecule has 0 fully saturated rings. The van der Waals surface area contributed by atoms with Gasteiger partial charge in [0.05, 0.1) is 11.4 Å². The third-order valence-corrected chi connectivity index (χ3v) is 4.17. The van der Waals surface area contributed by atoms with Gasteiger partial charge < -0.3 is 10.2 Å². The van der Waals surface area contributed by atoms with Crippen molar-refractivity contribution < 1.29 is 0 Å². The Morgan fingerprint density at radius 1 is 1.17 bits per heavy atom. The SMILES string of the molecule is Cc1ccc(N2CCNc3ccccc32)cc1Br. The molecule has 0 saturated carbocycles. The summed E-state index contributed by atoms with van der Waals surface area (Å²) in [5.41, 5.74) is 4.96.